The fourth-order valence-electron chi connectivity index (χ4n) is 3.12. The maximum absolute atomic E-state index is 4.42. The molecule has 0 spiro atoms. The van der Waals surface area contributed by atoms with Crippen LogP contribution in [0.4, 0.5) is 0 Å². The molecule has 23 heavy (non-hydrogen) atoms. The molecule has 2 nitrogen and oxygen atoms in total. The lowest BCUT2D eigenvalue weighted by atomic mass is 9.92. The van der Waals surface area contributed by atoms with Crippen molar-refractivity contribution in [1.29, 1.82) is 0 Å². The van der Waals surface area contributed by atoms with Gasteiger partial charge in [-0.3, -0.25) is 4.98 Å². The number of allylic oxidation sites excluding steroid dienone is 1. The van der Waals surface area contributed by atoms with Crippen molar-refractivity contribution in [2.75, 3.05) is 6.54 Å². The molecule has 0 fully saturated rings. The zero-order valence-corrected chi connectivity index (χ0v) is 13.3. The number of hydrogen-bond donors (Lipinski definition) is 1. The third kappa shape index (κ3) is 3.37. The van der Waals surface area contributed by atoms with Crippen LogP contribution in [0.15, 0.2) is 49.2 Å². The third-order valence-corrected chi connectivity index (χ3v) is 4.29. The normalized spacial score (nSPS) is 14.3. The van der Waals surface area contributed by atoms with Crippen molar-refractivity contribution in [3.8, 4) is 0 Å². The highest BCUT2D eigenvalue weighted by Crippen LogP contribution is 2.29. The fraction of sp³-hybridized carbons (Fsp3) is 0.286. The van der Waals surface area contributed by atoms with Crippen molar-refractivity contribution in [3.05, 3.63) is 77.1 Å². The number of nitrogens with one attached hydrogen (secondary N) is 1. The second-order valence-electron chi connectivity index (χ2n) is 5.72. The summed E-state index contributed by atoms with van der Waals surface area (Å²) in [5, 5.41) is 3.39. The van der Waals surface area contributed by atoms with E-state index in [1.54, 1.807) is 0 Å². The molecule has 0 saturated heterocycles. The summed E-state index contributed by atoms with van der Waals surface area (Å²) in [5.41, 5.74) is 8.45. The third-order valence-electron chi connectivity index (χ3n) is 4.29. The Morgan fingerprint density at radius 2 is 2.13 bits per heavy atom. The molecule has 0 aliphatic carbocycles. The molecule has 0 unspecified atom stereocenters. The van der Waals surface area contributed by atoms with Gasteiger partial charge in [-0.25, -0.2) is 0 Å². The fourth-order valence-corrected chi connectivity index (χ4v) is 3.12. The topological polar surface area (TPSA) is 24.9 Å². The Labute approximate surface area is 140 Å². The number of fused-ring (bicyclic) bond motifs is 1. The average Bonchev–Trinajstić information content (AvgIpc) is 2.71. The number of hydrogen-bond acceptors (Lipinski definition) is 2. The Bertz CT molecular complexity index is 741. The lowest BCUT2D eigenvalue weighted by Gasteiger charge is -2.14. The summed E-state index contributed by atoms with van der Waals surface area (Å²) in [7, 11) is 0. The molecule has 0 atom stereocenters. The summed E-state index contributed by atoms with van der Waals surface area (Å²) < 4.78 is 0. The van der Waals surface area contributed by atoms with Crippen LogP contribution in [-0.2, 0) is 6.42 Å². The molecule has 0 bridgehead atoms. The summed E-state index contributed by atoms with van der Waals surface area (Å²) in [6.07, 6.45) is 6.26. The summed E-state index contributed by atoms with van der Waals surface area (Å²) in [6, 6.07) is 10.8. The first-order valence-corrected chi connectivity index (χ1v) is 7.85. The maximum Gasteiger partial charge on any atom is 0.0451 e. The standard InChI is InChI=1S/C20H22N2.CH4/c1-4-18(20-8-6-12-22-15(20)3)17-9-10-19-14(2)21-11-5-7-16(19)13-17;/h4,6,8-10,12-13,21H,2,5,7,11H2,1,3H3;1H4/b18-4-;. The summed E-state index contributed by atoms with van der Waals surface area (Å²) >= 11 is 0. The van der Waals surface area contributed by atoms with Crippen LogP contribution in [0, 0.1) is 6.92 Å². The molecular weight excluding hydrogens is 280 g/mol. The first kappa shape index (κ1) is 17.0. The number of rotatable bonds is 2. The van der Waals surface area contributed by atoms with Gasteiger partial charge in [0.1, 0.15) is 0 Å². The van der Waals surface area contributed by atoms with Gasteiger partial charge in [-0.1, -0.05) is 44.3 Å². The van der Waals surface area contributed by atoms with Gasteiger partial charge in [-0.15, -0.1) is 0 Å². The number of pyridine rings is 1. The Hall–Kier alpha value is -2.35. The Morgan fingerprint density at radius 3 is 2.87 bits per heavy atom. The van der Waals surface area contributed by atoms with E-state index in [4.69, 9.17) is 0 Å². The molecule has 1 aromatic carbocycles. The first-order valence-electron chi connectivity index (χ1n) is 7.85. The molecule has 2 heterocycles. The van der Waals surface area contributed by atoms with E-state index in [2.05, 4.69) is 61.1 Å². The van der Waals surface area contributed by atoms with Gasteiger partial charge < -0.3 is 5.32 Å². The van der Waals surface area contributed by atoms with E-state index in [0.29, 0.717) is 0 Å². The quantitative estimate of drug-likeness (QED) is 0.846. The van der Waals surface area contributed by atoms with E-state index in [1.165, 1.54) is 27.8 Å². The SMILES string of the molecule is C.C=C1NCCCc2cc(/C(=C/C)c3cccnc3C)ccc21. The van der Waals surface area contributed by atoms with E-state index in [0.717, 1.165) is 30.8 Å². The van der Waals surface area contributed by atoms with E-state index in [1.807, 2.05) is 12.3 Å². The smallest absolute Gasteiger partial charge is 0.0451 e. The van der Waals surface area contributed by atoms with Gasteiger partial charge in [0.05, 0.1) is 0 Å². The average molecular weight is 306 g/mol. The summed E-state index contributed by atoms with van der Waals surface area (Å²) in [4.78, 5) is 4.42. The largest absolute Gasteiger partial charge is 0.385 e. The minimum absolute atomic E-state index is 0. The van der Waals surface area contributed by atoms with E-state index in [-0.39, 0.29) is 7.43 Å². The van der Waals surface area contributed by atoms with Crippen molar-refractivity contribution >= 4 is 11.3 Å². The molecular formula is C21H26N2. The van der Waals surface area contributed by atoms with Crippen molar-refractivity contribution < 1.29 is 0 Å². The first-order chi connectivity index (χ1) is 10.7. The van der Waals surface area contributed by atoms with Gasteiger partial charge in [0.15, 0.2) is 0 Å². The molecule has 120 valence electrons. The Balaban J connectivity index is 0.00000192. The molecule has 0 radical (unpaired) electrons. The number of nitrogens with zero attached hydrogens (tertiary/aromatic N) is 1. The van der Waals surface area contributed by atoms with Gasteiger partial charge >= 0.3 is 0 Å². The minimum Gasteiger partial charge on any atom is -0.385 e. The summed E-state index contributed by atoms with van der Waals surface area (Å²) in [6.45, 7) is 9.30. The van der Waals surface area contributed by atoms with Crippen molar-refractivity contribution in [1.82, 2.24) is 10.3 Å². The Kier molecular flexibility index (Phi) is 5.38. The van der Waals surface area contributed by atoms with Crippen molar-refractivity contribution in [2.24, 2.45) is 0 Å². The van der Waals surface area contributed by atoms with Gasteiger partial charge in [0.2, 0.25) is 0 Å². The molecule has 1 aliphatic rings. The van der Waals surface area contributed by atoms with Gasteiger partial charge in [-0.05, 0) is 49.5 Å². The molecule has 2 heteroatoms. The van der Waals surface area contributed by atoms with Crippen LogP contribution in [0.5, 0.6) is 0 Å². The highest BCUT2D eigenvalue weighted by Gasteiger charge is 2.14. The number of aromatic nitrogens is 1. The minimum atomic E-state index is 0. The van der Waals surface area contributed by atoms with Gasteiger partial charge in [0.25, 0.3) is 0 Å². The lowest BCUT2D eigenvalue weighted by Crippen LogP contribution is -2.10. The molecule has 1 aromatic heterocycles. The number of aryl methyl sites for hydroxylation is 2. The van der Waals surface area contributed by atoms with Crippen LogP contribution >= 0.6 is 0 Å². The molecule has 1 N–H and O–H groups in total. The van der Waals surface area contributed by atoms with E-state index >= 15 is 0 Å². The predicted molar refractivity (Wildman–Crippen MR) is 100 cm³/mol. The van der Waals surface area contributed by atoms with Crippen LogP contribution in [0.2, 0.25) is 0 Å². The highest BCUT2D eigenvalue weighted by atomic mass is 14.9. The van der Waals surface area contributed by atoms with Crippen LogP contribution in [0.25, 0.3) is 11.3 Å². The van der Waals surface area contributed by atoms with Crippen molar-refractivity contribution in [2.45, 2.75) is 34.1 Å². The lowest BCUT2D eigenvalue weighted by molar-refractivity contribution is 0.783. The zero-order chi connectivity index (χ0) is 15.5. The Morgan fingerprint density at radius 1 is 1.30 bits per heavy atom. The predicted octanol–water partition coefficient (Wildman–Crippen LogP) is 4.98. The molecule has 0 amide bonds. The van der Waals surface area contributed by atoms with Crippen LogP contribution in [0.3, 0.4) is 0 Å². The molecule has 0 saturated carbocycles. The molecule has 3 rings (SSSR count). The maximum atomic E-state index is 4.42. The van der Waals surface area contributed by atoms with Gasteiger partial charge in [-0.2, -0.15) is 0 Å². The molecule has 1 aliphatic heterocycles. The van der Waals surface area contributed by atoms with Crippen LogP contribution in [0.1, 0.15) is 48.7 Å². The second-order valence-corrected chi connectivity index (χ2v) is 5.72. The monoisotopic (exact) mass is 306 g/mol. The zero-order valence-electron chi connectivity index (χ0n) is 13.3. The molecule has 2 aromatic rings. The summed E-state index contributed by atoms with van der Waals surface area (Å²) in [5.74, 6) is 0. The van der Waals surface area contributed by atoms with Crippen LogP contribution < -0.4 is 5.32 Å². The van der Waals surface area contributed by atoms with Crippen LogP contribution in [-0.4, -0.2) is 11.5 Å². The van der Waals surface area contributed by atoms with Crippen molar-refractivity contribution in [3.63, 3.8) is 0 Å². The number of benzene rings is 1. The van der Waals surface area contributed by atoms with E-state index < -0.39 is 0 Å². The highest BCUT2D eigenvalue weighted by molar-refractivity contribution is 5.82. The van der Waals surface area contributed by atoms with E-state index in [9.17, 15) is 0 Å². The van der Waals surface area contributed by atoms with Gasteiger partial charge in [0, 0.05) is 35.3 Å². The second kappa shape index (κ2) is 7.28.